The Bertz CT molecular complexity index is 3170. The summed E-state index contributed by atoms with van der Waals surface area (Å²) in [5.74, 6) is 0. The molecule has 2 heteroatoms. The van der Waals surface area contributed by atoms with Gasteiger partial charge in [-0.1, -0.05) is 172 Å². The van der Waals surface area contributed by atoms with E-state index in [0.29, 0.717) is 0 Å². The van der Waals surface area contributed by atoms with E-state index in [1.54, 1.807) is 0 Å². The minimum absolute atomic E-state index is 0.119. The quantitative estimate of drug-likeness (QED) is 0.157. The first-order valence-electron chi connectivity index (χ1n) is 20.5. The summed E-state index contributed by atoms with van der Waals surface area (Å²) < 4.78 is 2.39. The molecule has 0 saturated carbocycles. The van der Waals surface area contributed by atoms with Crippen molar-refractivity contribution in [1.29, 1.82) is 0 Å². The standard InChI is InChI=1S/C57H42N2/c1-57(2)52-25-12-9-23-48(52)49-35-33-46(38-53(49)57)58(45-31-28-40(29-32-45)39-16-5-3-6-17-39)54-26-13-10-22-47(54)43-19-15-18-41(36-43)42-30-34-51-50-24-11-14-27-55(50)59(56(51)37-42)44-20-7-4-8-21-44/h3-38H,1-2H3. The zero-order chi connectivity index (χ0) is 39.5. The molecule has 0 amide bonds. The van der Waals surface area contributed by atoms with Crippen molar-refractivity contribution in [2.45, 2.75) is 19.3 Å². The van der Waals surface area contributed by atoms with E-state index in [4.69, 9.17) is 0 Å². The highest BCUT2D eigenvalue weighted by molar-refractivity contribution is 6.10. The van der Waals surface area contributed by atoms with E-state index >= 15 is 0 Å². The number of para-hydroxylation sites is 3. The van der Waals surface area contributed by atoms with Gasteiger partial charge in [0.15, 0.2) is 0 Å². The van der Waals surface area contributed by atoms with Gasteiger partial charge in [0.05, 0.1) is 16.7 Å². The Hall–Kier alpha value is -7.42. The summed E-state index contributed by atoms with van der Waals surface area (Å²) in [4.78, 5) is 2.44. The second-order valence-corrected chi connectivity index (χ2v) is 16.2. The monoisotopic (exact) mass is 754 g/mol. The lowest BCUT2D eigenvalue weighted by Crippen LogP contribution is -2.16. The largest absolute Gasteiger partial charge is 0.310 e. The molecule has 280 valence electrons. The average molecular weight is 755 g/mol. The van der Waals surface area contributed by atoms with E-state index in [2.05, 4.69) is 242 Å². The maximum absolute atomic E-state index is 2.44. The van der Waals surface area contributed by atoms with Crippen LogP contribution < -0.4 is 4.90 Å². The maximum atomic E-state index is 2.44. The Morgan fingerprint density at radius 2 is 0.932 bits per heavy atom. The molecule has 1 aromatic heterocycles. The molecule has 0 saturated heterocycles. The van der Waals surface area contributed by atoms with E-state index in [-0.39, 0.29) is 5.41 Å². The van der Waals surface area contributed by atoms with E-state index < -0.39 is 0 Å². The Labute approximate surface area is 345 Å². The normalized spacial score (nSPS) is 12.7. The van der Waals surface area contributed by atoms with Crippen LogP contribution in [0.1, 0.15) is 25.0 Å². The summed E-state index contributed by atoms with van der Waals surface area (Å²) in [6.45, 7) is 4.72. The van der Waals surface area contributed by atoms with Crippen LogP contribution in [0.2, 0.25) is 0 Å². The Morgan fingerprint density at radius 1 is 0.356 bits per heavy atom. The van der Waals surface area contributed by atoms with Gasteiger partial charge in [0.2, 0.25) is 0 Å². The highest BCUT2D eigenvalue weighted by Gasteiger charge is 2.36. The van der Waals surface area contributed by atoms with Crippen LogP contribution in [0.5, 0.6) is 0 Å². The van der Waals surface area contributed by atoms with Gasteiger partial charge in [-0.25, -0.2) is 0 Å². The van der Waals surface area contributed by atoms with Crippen LogP contribution >= 0.6 is 0 Å². The molecule has 1 aliphatic carbocycles. The molecule has 0 bridgehead atoms. The number of nitrogens with zero attached hydrogens (tertiary/aromatic N) is 2. The summed E-state index contributed by atoms with van der Waals surface area (Å²) >= 11 is 0. The fourth-order valence-corrected chi connectivity index (χ4v) is 9.48. The van der Waals surface area contributed by atoms with E-state index in [1.165, 1.54) is 77.4 Å². The molecule has 1 aliphatic rings. The third-order valence-corrected chi connectivity index (χ3v) is 12.4. The van der Waals surface area contributed by atoms with Gasteiger partial charge in [-0.2, -0.15) is 0 Å². The third kappa shape index (κ3) is 5.79. The molecule has 0 radical (unpaired) electrons. The second kappa shape index (κ2) is 13.9. The molecular formula is C57H42N2. The summed E-state index contributed by atoms with van der Waals surface area (Å²) in [5.41, 5.74) is 19.3. The van der Waals surface area contributed by atoms with Crippen molar-refractivity contribution >= 4 is 38.9 Å². The zero-order valence-corrected chi connectivity index (χ0v) is 33.2. The third-order valence-electron chi connectivity index (χ3n) is 12.4. The molecule has 59 heavy (non-hydrogen) atoms. The average Bonchev–Trinajstić information content (AvgIpc) is 3.75. The minimum atomic E-state index is -0.119. The number of hydrogen-bond donors (Lipinski definition) is 0. The van der Waals surface area contributed by atoms with E-state index in [9.17, 15) is 0 Å². The molecule has 1 heterocycles. The molecule has 0 N–H and O–H groups in total. The van der Waals surface area contributed by atoms with Crippen LogP contribution in [0.15, 0.2) is 218 Å². The highest BCUT2D eigenvalue weighted by Crippen LogP contribution is 2.51. The van der Waals surface area contributed by atoms with Crippen molar-refractivity contribution in [2.24, 2.45) is 0 Å². The van der Waals surface area contributed by atoms with Gasteiger partial charge in [0.25, 0.3) is 0 Å². The maximum Gasteiger partial charge on any atom is 0.0547 e. The first-order chi connectivity index (χ1) is 29.0. The number of rotatable bonds is 7. The summed E-state index contributed by atoms with van der Waals surface area (Å²) in [6, 6.07) is 79.9. The molecule has 0 atom stereocenters. The van der Waals surface area contributed by atoms with Gasteiger partial charge in [0, 0.05) is 38.8 Å². The molecule has 10 aromatic rings. The minimum Gasteiger partial charge on any atom is -0.310 e. The molecule has 9 aromatic carbocycles. The van der Waals surface area contributed by atoms with Gasteiger partial charge in [-0.15, -0.1) is 0 Å². The predicted molar refractivity (Wildman–Crippen MR) is 249 cm³/mol. The lowest BCUT2D eigenvalue weighted by molar-refractivity contribution is 0.660. The van der Waals surface area contributed by atoms with Crippen molar-refractivity contribution in [1.82, 2.24) is 4.57 Å². The lowest BCUT2D eigenvalue weighted by atomic mass is 9.82. The SMILES string of the molecule is CC1(C)c2ccccc2-c2ccc(N(c3ccc(-c4ccccc4)cc3)c3ccccc3-c3cccc(-c4ccc5c6ccccc6n(-c6ccccc6)c5c4)c3)cc21. The first kappa shape index (κ1) is 34.8. The molecule has 0 aliphatic heterocycles. The van der Waals surface area contributed by atoms with Gasteiger partial charge >= 0.3 is 0 Å². The van der Waals surface area contributed by atoms with Gasteiger partial charge in [-0.3, -0.25) is 0 Å². The Kier molecular flexibility index (Phi) is 8.20. The van der Waals surface area contributed by atoms with Gasteiger partial charge < -0.3 is 9.47 Å². The topological polar surface area (TPSA) is 8.17 Å². The fourth-order valence-electron chi connectivity index (χ4n) is 9.48. The van der Waals surface area contributed by atoms with Crippen LogP contribution in [-0.4, -0.2) is 4.57 Å². The fraction of sp³-hybridized carbons (Fsp3) is 0.0526. The van der Waals surface area contributed by atoms with E-state index in [0.717, 1.165) is 22.7 Å². The number of benzene rings is 9. The highest BCUT2D eigenvalue weighted by atomic mass is 15.1. The molecule has 0 spiro atoms. The molecular weight excluding hydrogens is 713 g/mol. The van der Waals surface area contributed by atoms with Crippen LogP contribution in [0, 0.1) is 0 Å². The van der Waals surface area contributed by atoms with Gasteiger partial charge in [-0.05, 0) is 111 Å². The Morgan fingerprint density at radius 3 is 1.76 bits per heavy atom. The van der Waals surface area contributed by atoms with Crippen LogP contribution in [-0.2, 0) is 5.41 Å². The zero-order valence-electron chi connectivity index (χ0n) is 33.2. The van der Waals surface area contributed by atoms with Crippen LogP contribution in [0.25, 0.3) is 72.0 Å². The molecule has 0 unspecified atom stereocenters. The number of anilines is 3. The summed E-state index contributed by atoms with van der Waals surface area (Å²) in [6.07, 6.45) is 0. The smallest absolute Gasteiger partial charge is 0.0547 e. The Balaban J connectivity index is 1.05. The number of aromatic nitrogens is 1. The lowest BCUT2D eigenvalue weighted by Gasteiger charge is -2.30. The van der Waals surface area contributed by atoms with Gasteiger partial charge in [0.1, 0.15) is 0 Å². The predicted octanol–water partition coefficient (Wildman–Crippen LogP) is 15.6. The number of fused-ring (bicyclic) bond motifs is 6. The molecule has 2 nitrogen and oxygen atoms in total. The van der Waals surface area contributed by atoms with Crippen molar-refractivity contribution in [3.63, 3.8) is 0 Å². The van der Waals surface area contributed by atoms with Crippen molar-refractivity contribution in [2.75, 3.05) is 4.90 Å². The first-order valence-corrected chi connectivity index (χ1v) is 20.5. The number of hydrogen-bond acceptors (Lipinski definition) is 1. The van der Waals surface area contributed by atoms with Crippen LogP contribution in [0.3, 0.4) is 0 Å². The summed E-state index contributed by atoms with van der Waals surface area (Å²) in [7, 11) is 0. The van der Waals surface area contributed by atoms with Crippen LogP contribution in [0.4, 0.5) is 17.1 Å². The van der Waals surface area contributed by atoms with Crippen molar-refractivity contribution in [3.05, 3.63) is 230 Å². The summed E-state index contributed by atoms with van der Waals surface area (Å²) in [5, 5.41) is 2.51. The molecule has 11 rings (SSSR count). The van der Waals surface area contributed by atoms with Crippen molar-refractivity contribution < 1.29 is 0 Å². The van der Waals surface area contributed by atoms with E-state index in [1.807, 2.05) is 0 Å². The van der Waals surface area contributed by atoms with Crippen molar-refractivity contribution in [3.8, 4) is 50.2 Å². The second-order valence-electron chi connectivity index (χ2n) is 16.2. The molecule has 0 fully saturated rings.